The lowest BCUT2D eigenvalue weighted by molar-refractivity contribution is 0.587. The van der Waals surface area contributed by atoms with Crippen molar-refractivity contribution < 1.29 is 0 Å². The van der Waals surface area contributed by atoms with E-state index in [4.69, 9.17) is 0 Å². The third kappa shape index (κ3) is 2.97. The van der Waals surface area contributed by atoms with Crippen LogP contribution in [-0.4, -0.2) is 9.13 Å². The van der Waals surface area contributed by atoms with Crippen LogP contribution in [0, 0.1) is 0 Å². The first-order valence-corrected chi connectivity index (χ1v) is 12.6. The summed E-state index contributed by atoms with van der Waals surface area (Å²) in [5, 5.41) is 5.12. The molecule has 0 aliphatic heterocycles. The number of benzene rings is 5. The lowest BCUT2D eigenvalue weighted by Gasteiger charge is -2.24. The van der Waals surface area contributed by atoms with Crippen LogP contribution in [0.15, 0.2) is 115 Å². The van der Waals surface area contributed by atoms with Gasteiger partial charge in [-0.25, -0.2) is 0 Å². The Balaban J connectivity index is 1.57. The molecule has 5 aromatic carbocycles. The van der Waals surface area contributed by atoms with Gasteiger partial charge in [-0.05, 0) is 53.4 Å². The lowest BCUT2D eigenvalue weighted by Crippen LogP contribution is -2.15. The van der Waals surface area contributed by atoms with Crippen LogP contribution in [0.5, 0.6) is 0 Å². The van der Waals surface area contributed by atoms with E-state index in [1.54, 1.807) is 0 Å². The van der Waals surface area contributed by atoms with Crippen molar-refractivity contribution in [3.8, 4) is 11.4 Å². The van der Waals surface area contributed by atoms with Crippen molar-refractivity contribution in [2.24, 2.45) is 0 Å². The third-order valence-electron chi connectivity index (χ3n) is 7.45. The molecule has 0 N–H and O–H groups in total. The van der Waals surface area contributed by atoms with Crippen molar-refractivity contribution in [2.75, 3.05) is 0 Å². The third-order valence-corrected chi connectivity index (χ3v) is 7.45. The van der Waals surface area contributed by atoms with E-state index in [1.807, 2.05) is 0 Å². The first-order valence-electron chi connectivity index (χ1n) is 12.6. The van der Waals surface area contributed by atoms with E-state index in [0.717, 1.165) is 0 Å². The number of rotatable bonds is 2. The van der Waals surface area contributed by atoms with Crippen molar-refractivity contribution in [1.29, 1.82) is 0 Å². The fourth-order valence-electron chi connectivity index (χ4n) is 5.86. The number of nitrogens with zero attached hydrogens (tertiary/aromatic N) is 2. The molecule has 2 heteroatoms. The highest BCUT2D eigenvalue weighted by Gasteiger charge is 2.22. The maximum atomic E-state index is 2.45. The van der Waals surface area contributed by atoms with Gasteiger partial charge in [-0.2, -0.15) is 0 Å². The molecule has 7 rings (SSSR count). The Kier molecular flexibility index (Phi) is 4.44. The van der Waals surface area contributed by atoms with Gasteiger partial charge in [-0.15, -0.1) is 0 Å². The smallest absolute Gasteiger partial charge is 0.0542 e. The van der Waals surface area contributed by atoms with Crippen molar-refractivity contribution in [3.05, 3.63) is 121 Å². The summed E-state index contributed by atoms with van der Waals surface area (Å²) in [5.74, 6) is 0. The molecule has 2 nitrogen and oxygen atoms in total. The van der Waals surface area contributed by atoms with Crippen LogP contribution in [-0.2, 0) is 5.41 Å². The van der Waals surface area contributed by atoms with E-state index in [-0.39, 0.29) is 5.41 Å². The molecule has 0 unspecified atom stereocenters. The Bertz CT molecular complexity index is 1870. The van der Waals surface area contributed by atoms with E-state index in [1.165, 1.54) is 60.5 Å². The van der Waals surface area contributed by atoms with E-state index in [9.17, 15) is 0 Å². The molecule has 0 bridgehead atoms. The van der Waals surface area contributed by atoms with Gasteiger partial charge in [0.25, 0.3) is 0 Å². The van der Waals surface area contributed by atoms with Crippen LogP contribution in [0.25, 0.3) is 55.0 Å². The fourth-order valence-corrected chi connectivity index (χ4v) is 5.86. The normalized spacial score (nSPS) is 12.3. The molecule has 36 heavy (non-hydrogen) atoms. The van der Waals surface area contributed by atoms with Gasteiger partial charge in [-0.3, -0.25) is 0 Å². The monoisotopic (exact) mass is 464 g/mol. The predicted molar refractivity (Wildman–Crippen MR) is 154 cm³/mol. The highest BCUT2D eigenvalue weighted by Crippen LogP contribution is 2.38. The molecule has 2 aromatic heterocycles. The van der Waals surface area contributed by atoms with E-state index < -0.39 is 0 Å². The maximum Gasteiger partial charge on any atom is 0.0542 e. The summed E-state index contributed by atoms with van der Waals surface area (Å²) in [4.78, 5) is 0. The molecule has 0 atom stereocenters. The zero-order valence-electron chi connectivity index (χ0n) is 20.9. The van der Waals surface area contributed by atoms with Crippen molar-refractivity contribution in [1.82, 2.24) is 9.13 Å². The Morgan fingerprint density at radius 3 is 1.53 bits per heavy atom. The molecule has 0 saturated carbocycles. The molecular formula is C34H28N2. The molecule has 174 valence electrons. The molecule has 0 radical (unpaired) electrons. The van der Waals surface area contributed by atoms with Crippen molar-refractivity contribution in [2.45, 2.75) is 26.2 Å². The van der Waals surface area contributed by atoms with Gasteiger partial charge < -0.3 is 9.13 Å². The molecule has 0 spiro atoms. The topological polar surface area (TPSA) is 9.86 Å². The zero-order chi connectivity index (χ0) is 24.4. The van der Waals surface area contributed by atoms with Gasteiger partial charge in [0.2, 0.25) is 0 Å². The minimum atomic E-state index is 0.0389. The van der Waals surface area contributed by atoms with Crippen molar-refractivity contribution >= 4 is 43.6 Å². The molecule has 0 amide bonds. The summed E-state index contributed by atoms with van der Waals surface area (Å²) >= 11 is 0. The fraction of sp³-hybridized carbons (Fsp3) is 0.118. The molecule has 0 saturated heterocycles. The Morgan fingerprint density at radius 2 is 0.917 bits per heavy atom. The number of fused-ring (bicyclic) bond motifs is 6. The largest absolute Gasteiger partial charge is 0.309 e. The summed E-state index contributed by atoms with van der Waals surface area (Å²) in [6.07, 6.45) is 0. The summed E-state index contributed by atoms with van der Waals surface area (Å²) < 4.78 is 4.85. The van der Waals surface area contributed by atoms with Gasteiger partial charge in [0.05, 0.1) is 22.1 Å². The number of para-hydroxylation sites is 4. The Hall–Kier alpha value is -4.30. The molecule has 2 heterocycles. The van der Waals surface area contributed by atoms with Crippen LogP contribution < -0.4 is 0 Å². The van der Waals surface area contributed by atoms with Gasteiger partial charge in [0.1, 0.15) is 0 Å². The Morgan fingerprint density at radius 1 is 0.444 bits per heavy atom. The van der Waals surface area contributed by atoms with Crippen LogP contribution >= 0.6 is 0 Å². The highest BCUT2D eigenvalue weighted by molar-refractivity contribution is 6.12. The average Bonchev–Trinajstić information content (AvgIpc) is 3.41. The molecular weight excluding hydrogens is 436 g/mol. The van der Waals surface area contributed by atoms with Crippen LogP contribution in [0.1, 0.15) is 26.3 Å². The summed E-state index contributed by atoms with van der Waals surface area (Å²) in [6, 6.07) is 42.0. The van der Waals surface area contributed by atoms with E-state index in [2.05, 4.69) is 145 Å². The molecule has 0 aliphatic carbocycles. The second kappa shape index (κ2) is 7.60. The highest BCUT2D eigenvalue weighted by atomic mass is 15.0. The van der Waals surface area contributed by atoms with Crippen LogP contribution in [0.3, 0.4) is 0 Å². The minimum absolute atomic E-state index is 0.0389. The molecule has 0 fully saturated rings. The first kappa shape index (κ1) is 21.0. The predicted octanol–water partition coefficient (Wildman–Crippen LogP) is 9.18. The zero-order valence-corrected chi connectivity index (χ0v) is 20.9. The minimum Gasteiger partial charge on any atom is -0.309 e. The Labute approximate surface area is 211 Å². The lowest BCUT2D eigenvalue weighted by atomic mass is 9.85. The standard InChI is InChI=1S/C34H28N2/c1-34(2,3)28-15-7-11-19-33(28)36-31-18-10-6-14-26(31)27-22-23(20-21-32(27)36)35-29-16-8-4-12-24(29)25-13-5-9-17-30(25)35/h4-22H,1-3H3. The van der Waals surface area contributed by atoms with E-state index in [0.29, 0.717) is 0 Å². The number of aromatic nitrogens is 2. The van der Waals surface area contributed by atoms with Crippen molar-refractivity contribution in [3.63, 3.8) is 0 Å². The molecule has 0 aliphatic rings. The van der Waals surface area contributed by atoms with Crippen LogP contribution in [0.4, 0.5) is 0 Å². The first-order chi connectivity index (χ1) is 17.5. The van der Waals surface area contributed by atoms with Gasteiger partial charge in [0, 0.05) is 32.9 Å². The summed E-state index contributed by atoms with van der Waals surface area (Å²) in [5.41, 5.74) is 8.77. The second-order valence-corrected chi connectivity index (χ2v) is 10.7. The second-order valence-electron chi connectivity index (χ2n) is 10.7. The molecule has 7 aromatic rings. The maximum absolute atomic E-state index is 2.45. The quantitative estimate of drug-likeness (QED) is 0.241. The van der Waals surface area contributed by atoms with Gasteiger partial charge in [0.15, 0.2) is 0 Å². The van der Waals surface area contributed by atoms with Gasteiger partial charge in [-0.1, -0.05) is 93.6 Å². The number of hydrogen-bond acceptors (Lipinski definition) is 0. The average molecular weight is 465 g/mol. The van der Waals surface area contributed by atoms with Crippen LogP contribution in [0.2, 0.25) is 0 Å². The summed E-state index contributed by atoms with van der Waals surface area (Å²) in [7, 11) is 0. The van der Waals surface area contributed by atoms with Gasteiger partial charge >= 0.3 is 0 Å². The SMILES string of the molecule is CC(C)(C)c1ccccc1-n1c2ccccc2c2cc(-n3c4ccccc4c4ccccc43)ccc21. The summed E-state index contributed by atoms with van der Waals surface area (Å²) in [6.45, 7) is 6.88. The number of hydrogen-bond donors (Lipinski definition) is 0. The van der Waals surface area contributed by atoms with E-state index >= 15 is 0 Å².